The Morgan fingerprint density at radius 3 is 2.43 bits per heavy atom. The highest BCUT2D eigenvalue weighted by Crippen LogP contribution is 2.23. The minimum absolute atomic E-state index is 0.0564. The number of carbonyl (C=O) groups excluding carboxylic acids is 1. The monoisotopic (exact) mass is 427 g/mol. The van der Waals surface area contributed by atoms with E-state index in [1.165, 1.54) is 0 Å². The molecule has 0 aliphatic carbocycles. The van der Waals surface area contributed by atoms with Gasteiger partial charge in [-0.05, 0) is 37.0 Å². The summed E-state index contributed by atoms with van der Waals surface area (Å²) in [6, 6.07) is 16.9. The molecule has 0 aromatic heterocycles. The summed E-state index contributed by atoms with van der Waals surface area (Å²) in [5, 5.41) is -0.395. The first-order valence-electron chi connectivity index (χ1n) is 10.4. The molecule has 0 bridgehead atoms. The second kappa shape index (κ2) is 10.4. The van der Waals surface area contributed by atoms with Gasteiger partial charge >= 0.3 is 0 Å². The predicted molar refractivity (Wildman–Crippen MR) is 120 cm³/mol. The lowest BCUT2D eigenvalue weighted by Crippen LogP contribution is -2.42. The third-order valence-electron chi connectivity index (χ3n) is 5.26. The van der Waals surface area contributed by atoms with Gasteiger partial charge in [0, 0.05) is 24.7 Å². The highest BCUT2D eigenvalue weighted by Gasteiger charge is 2.31. The molecule has 6 heteroatoms. The second-order valence-corrected chi connectivity index (χ2v) is 9.82. The summed E-state index contributed by atoms with van der Waals surface area (Å²) in [7, 11) is -3.23. The number of benzene rings is 2. The number of sulfone groups is 1. The smallest absolute Gasteiger partial charge is 0.246 e. The quantitative estimate of drug-likeness (QED) is 0.595. The van der Waals surface area contributed by atoms with Crippen molar-refractivity contribution in [1.82, 2.24) is 4.90 Å². The fraction of sp³-hybridized carbons (Fsp3) is 0.375. The van der Waals surface area contributed by atoms with Crippen molar-refractivity contribution in [3.8, 4) is 5.75 Å². The van der Waals surface area contributed by atoms with Crippen molar-refractivity contribution in [3.63, 3.8) is 0 Å². The molecule has 3 rings (SSSR count). The fourth-order valence-corrected chi connectivity index (χ4v) is 5.41. The number of likely N-dealkylation sites (tertiary alicyclic amines) is 1. The van der Waals surface area contributed by atoms with Gasteiger partial charge in [0.1, 0.15) is 5.75 Å². The molecule has 1 aliphatic heterocycles. The summed E-state index contributed by atoms with van der Waals surface area (Å²) in [5.74, 6) is 0.717. The van der Waals surface area contributed by atoms with Crippen LogP contribution in [0.15, 0.2) is 60.7 Å². The number of nitrogens with zero attached hydrogens (tertiary/aromatic N) is 1. The van der Waals surface area contributed by atoms with E-state index in [9.17, 15) is 13.2 Å². The zero-order valence-electron chi connectivity index (χ0n) is 17.4. The van der Waals surface area contributed by atoms with Crippen molar-refractivity contribution in [1.29, 1.82) is 0 Å². The van der Waals surface area contributed by atoms with Crippen LogP contribution in [0.4, 0.5) is 0 Å². The third-order valence-corrected chi connectivity index (χ3v) is 7.48. The molecule has 0 saturated carbocycles. The molecule has 5 nitrogen and oxygen atoms in total. The van der Waals surface area contributed by atoms with Gasteiger partial charge in [-0.2, -0.15) is 0 Å². The molecule has 160 valence electrons. The standard InChI is InChI=1S/C24H29NO4S/c1-2-18-29-23-11-7-6-10-21(23)12-13-24(26)25-16-14-22(15-17-25)30(27,28)19-20-8-4-3-5-9-20/h3-13,22H,2,14-19H2,1H3/b13-12+. The Morgan fingerprint density at radius 1 is 1.07 bits per heavy atom. The molecule has 0 atom stereocenters. The highest BCUT2D eigenvalue weighted by atomic mass is 32.2. The predicted octanol–water partition coefficient (Wildman–Crippen LogP) is 4.09. The van der Waals surface area contributed by atoms with E-state index in [1.54, 1.807) is 17.1 Å². The summed E-state index contributed by atoms with van der Waals surface area (Å²) in [6.07, 6.45) is 5.19. The van der Waals surface area contributed by atoms with Crippen LogP contribution in [0.1, 0.15) is 37.3 Å². The van der Waals surface area contributed by atoms with Gasteiger partial charge in [-0.3, -0.25) is 4.79 Å². The first-order valence-corrected chi connectivity index (χ1v) is 12.2. The van der Waals surface area contributed by atoms with Crippen LogP contribution in [-0.4, -0.2) is 44.2 Å². The van der Waals surface area contributed by atoms with Crippen LogP contribution in [0.5, 0.6) is 5.75 Å². The molecule has 1 fully saturated rings. The maximum absolute atomic E-state index is 12.7. The lowest BCUT2D eigenvalue weighted by Gasteiger charge is -2.31. The summed E-state index contributed by atoms with van der Waals surface area (Å²) < 4.78 is 31.2. The number of hydrogen-bond acceptors (Lipinski definition) is 4. The molecule has 0 N–H and O–H groups in total. The van der Waals surface area contributed by atoms with Crippen molar-refractivity contribution >= 4 is 21.8 Å². The molecule has 1 aliphatic rings. The Morgan fingerprint density at radius 2 is 1.73 bits per heavy atom. The van der Waals surface area contributed by atoms with Gasteiger partial charge in [-0.15, -0.1) is 0 Å². The number of carbonyl (C=O) groups is 1. The van der Waals surface area contributed by atoms with Gasteiger partial charge in [0.15, 0.2) is 9.84 Å². The van der Waals surface area contributed by atoms with Crippen LogP contribution in [0.3, 0.4) is 0 Å². The zero-order chi connectivity index (χ0) is 21.4. The van der Waals surface area contributed by atoms with E-state index >= 15 is 0 Å². The van der Waals surface area contributed by atoms with Crippen LogP contribution in [0, 0.1) is 0 Å². The largest absolute Gasteiger partial charge is 0.493 e. The lowest BCUT2D eigenvalue weighted by molar-refractivity contribution is -0.126. The van der Waals surface area contributed by atoms with Gasteiger partial charge in [0.2, 0.25) is 5.91 Å². The summed E-state index contributed by atoms with van der Waals surface area (Å²) in [5.41, 5.74) is 1.67. The molecule has 30 heavy (non-hydrogen) atoms. The van der Waals surface area contributed by atoms with E-state index in [1.807, 2.05) is 61.5 Å². The Balaban J connectivity index is 1.56. The van der Waals surface area contributed by atoms with Crippen molar-refractivity contribution in [3.05, 3.63) is 71.8 Å². The van der Waals surface area contributed by atoms with Crippen LogP contribution in [-0.2, 0) is 20.4 Å². The molecular formula is C24H29NO4S. The number of amides is 1. The number of rotatable bonds is 8. The zero-order valence-corrected chi connectivity index (χ0v) is 18.2. The maximum atomic E-state index is 12.7. The van der Waals surface area contributed by atoms with Crippen molar-refractivity contribution in [2.24, 2.45) is 0 Å². The van der Waals surface area contributed by atoms with Crippen molar-refractivity contribution in [2.75, 3.05) is 19.7 Å². The van der Waals surface area contributed by atoms with Crippen molar-refractivity contribution < 1.29 is 17.9 Å². The molecule has 1 heterocycles. The first-order chi connectivity index (χ1) is 14.5. The minimum Gasteiger partial charge on any atom is -0.493 e. The summed E-state index contributed by atoms with van der Waals surface area (Å²) in [4.78, 5) is 14.3. The first kappa shape index (κ1) is 22.1. The van der Waals surface area contributed by atoms with Crippen LogP contribution in [0.2, 0.25) is 0 Å². The van der Waals surface area contributed by atoms with Gasteiger partial charge in [0.05, 0.1) is 17.6 Å². The van der Waals surface area contributed by atoms with Crippen LogP contribution < -0.4 is 4.74 Å². The summed E-state index contributed by atoms with van der Waals surface area (Å²) >= 11 is 0. The Bertz CT molecular complexity index is 962. The molecule has 0 unspecified atom stereocenters. The van der Waals surface area contributed by atoms with E-state index in [0.29, 0.717) is 32.5 Å². The third kappa shape index (κ3) is 5.95. The van der Waals surface area contributed by atoms with Gasteiger partial charge in [0.25, 0.3) is 0 Å². The normalized spacial score (nSPS) is 15.4. The van der Waals surface area contributed by atoms with Gasteiger partial charge in [-0.25, -0.2) is 8.42 Å². The fourth-order valence-electron chi connectivity index (χ4n) is 3.59. The van der Waals surface area contributed by atoms with E-state index in [-0.39, 0.29) is 11.7 Å². The van der Waals surface area contributed by atoms with E-state index in [0.717, 1.165) is 23.3 Å². The molecule has 1 amide bonds. The topological polar surface area (TPSA) is 63.7 Å². The maximum Gasteiger partial charge on any atom is 0.246 e. The average molecular weight is 428 g/mol. The second-order valence-electron chi connectivity index (χ2n) is 7.54. The average Bonchev–Trinajstić information content (AvgIpc) is 2.77. The molecule has 0 radical (unpaired) electrons. The lowest BCUT2D eigenvalue weighted by atomic mass is 10.1. The SMILES string of the molecule is CCCOc1ccccc1/C=C/C(=O)N1CCC(S(=O)(=O)Cc2ccccc2)CC1. The number of para-hydroxylation sites is 1. The molecular weight excluding hydrogens is 398 g/mol. The molecule has 0 spiro atoms. The van der Waals surface area contributed by atoms with Gasteiger partial charge < -0.3 is 9.64 Å². The van der Waals surface area contributed by atoms with E-state index < -0.39 is 15.1 Å². The van der Waals surface area contributed by atoms with Gasteiger partial charge in [-0.1, -0.05) is 55.5 Å². The molecule has 2 aromatic carbocycles. The van der Waals surface area contributed by atoms with E-state index in [4.69, 9.17) is 4.74 Å². The number of piperidine rings is 1. The van der Waals surface area contributed by atoms with E-state index in [2.05, 4.69) is 0 Å². The number of hydrogen-bond donors (Lipinski definition) is 0. The van der Waals surface area contributed by atoms with Crippen LogP contribution in [0.25, 0.3) is 6.08 Å². The molecule has 1 saturated heterocycles. The Kier molecular flexibility index (Phi) is 7.69. The number of ether oxygens (including phenoxy) is 1. The minimum atomic E-state index is -3.23. The van der Waals surface area contributed by atoms with Crippen molar-refractivity contribution in [2.45, 2.75) is 37.2 Å². The van der Waals surface area contributed by atoms with Crippen LogP contribution >= 0.6 is 0 Å². The Labute approximate surface area is 179 Å². The summed E-state index contributed by atoms with van der Waals surface area (Å²) in [6.45, 7) is 3.58. The molecule has 2 aromatic rings. The highest BCUT2D eigenvalue weighted by molar-refractivity contribution is 7.91. The Hall–Kier alpha value is -2.60.